The van der Waals surface area contributed by atoms with Gasteiger partial charge in [0.1, 0.15) is 17.2 Å². The van der Waals surface area contributed by atoms with Crippen LogP contribution in [0.5, 0.6) is 0 Å². The van der Waals surface area contributed by atoms with Crippen molar-refractivity contribution < 1.29 is 14.3 Å². The van der Waals surface area contributed by atoms with Crippen molar-refractivity contribution in [1.82, 2.24) is 29.3 Å². The fraction of sp³-hybridized carbons (Fsp3) is 0.536. The van der Waals surface area contributed by atoms with Crippen LogP contribution in [-0.4, -0.2) is 81.5 Å². The molecular weight excluding hydrogens is 482 g/mol. The van der Waals surface area contributed by atoms with E-state index in [4.69, 9.17) is 9.72 Å². The van der Waals surface area contributed by atoms with E-state index in [1.807, 2.05) is 11.0 Å². The number of likely N-dealkylation sites (tertiary alicyclic amines) is 1. The van der Waals surface area contributed by atoms with E-state index in [1.54, 1.807) is 43.5 Å². The van der Waals surface area contributed by atoms with Crippen LogP contribution in [0.25, 0.3) is 11.0 Å². The van der Waals surface area contributed by atoms with Gasteiger partial charge in [-0.2, -0.15) is 4.98 Å². The van der Waals surface area contributed by atoms with Crippen LogP contribution in [-0.2, 0) is 4.74 Å². The predicted molar refractivity (Wildman–Crippen MR) is 144 cm³/mol. The highest BCUT2D eigenvalue weighted by molar-refractivity contribution is 5.98. The second-order valence-electron chi connectivity index (χ2n) is 11.1. The lowest BCUT2D eigenvalue weighted by Gasteiger charge is -2.27. The number of anilines is 2. The zero-order valence-electron chi connectivity index (χ0n) is 22.1. The van der Waals surface area contributed by atoms with Crippen LogP contribution in [0, 0.1) is 11.8 Å². The molecule has 2 bridgehead atoms. The molecule has 0 spiro atoms. The standard InChI is InChI=1S/C28H35N7O3/c1-33(2)27(37)23-12-21-14-30-28(32-25(21)35(23)22-5-3-4-6-22)31-24-8-7-20(13-29-24)26(36)34-10-9-18-11-19(15-34)17-38-16-18/h7-8,12-14,18-19,22H,3-6,9-11,15-17H2,1-2H3,(H,29,30,31,32). The topological polar surface area (TPSA) is 105 Å². The van der Waals surface area contributed by atoms with Gasteiger partial charge in [0, 0.05) is 63.5 Å². The molecule has 2 saturated heterocycles. The predicted octanol–water partition coefficient (Wildman–Crippen LogP) is 3.89. The number of hydrogen-bond acceptors (Lipinski definition) is 7. The Balaban J connectivity index is 1.21. The van der Waals surface area contributed by atoms with E-state index in [0.29, 0.717) is 34.9 Å². The Hall–Kier alpha value is -3.53. The maximum absolute atomic E-state index is 13.2. The van der Waals surface area contributed by atoms with Crippen molar-refractivity contribution in [2.45, 2.75) is 44.6 Å². The molecule has 2 unspecified atom stereocenters. The molecule has 0 radical (unpaired) electrons. The monoisotopic (exact) mass is 517 g/mol. The van der Waals surface area contributed by atoms with Crippen molar-refractivity contribution in [1.29, 1.82) is 0 Å². The van der Waals surface area contributed by atoms with Gasteiger partial charge < -0.3 is 24.4 Å². The smallest absolute Gasteiger partial charge is 0.270 e. The number of aromatic nitrogens is 4. The van der Waals surface area contributed by atoms with Gasteiger partial charge in [-0.05, 0) is 49.8 Å². The molecule has 1 N–H and O–H groups in total. The van der Waals surface area contributed by atoms with Crippen LogP contribution in [0.2, 0.25) is 0 Å². The molecule has 10 heteroatoms. The molecule has 3 fully saturated rings. The van der Waals surface area contributed by atoms with Gasteiger partial charge in [-0.3, -0.25) is 9.59 Å². The Bertz CT molecular complexity index is 1330. The molecule has 3 aromatic heterocycles. The lowest BCUT2D eigenvalue weighted by atomic mass is 9.93. The average Bonchev–Trinajstić information content (AvgIpc) is 3.55. The zero-order valence-corrected chi connectivity index (χ0v) is 22.1. The van der Waals surface area contributed by atoms with E-state index in [0.717, 1.165) is 75.9 Å². The van der Waals surface area contributed by atoms with Gasteiger partial charge in [0.05, 0.1) is 12.2 Å². The van der Waals surface area contributed by atoms with Crippen molar-refractivity contribution >= 4 is 34.6 Å². The number of ether oxygens (including phenoxy) is 1. The molecule has 5 heterocycles. The Morgan fingerprint density at radius 1 is 1.05 bits per heavy atom. The third-order valence-corrected chi connectivity index (χ3v) is 8.09. The Morgan fingerprint density at radius 3 is 2.63 bits per heavy atom. The first-order valence-corrected chi connectivity index (χ1v) is 13.7. The molecule has 3 aliphatic rings. The maximum Gasteiger partial charge on any atom is 0.270 e. The molecule has 3 aromatic rings. The number of amides is 2. The van der Waals surface area contributed by atoms with Gasteiger partial charge >= 0.3 is 0 Å². The summed E-state index contributed by atoms with van der Waals surface area (Å²) in [6.07, 6.45) is 9.86. The highest BCUT2D eigenvalue weighted by Gasteiger charge is 2.31. The van der Waals surface area contributed by atoms with E-state index >= 15 is 0 Å². The minimum absolute atomic E-state index is 0.0155. The van der Waals surface area contributed by atoms with E-state index in [-0.39, 0.29) is 17.9 Å². The quantitative estimate of drug-likeness (QED) is 0.547. The molecule has 200 valence electrons. The number of nitrogens with one attached hydrogen (secondary N) is 1. The Labute approximate surface area is 222 Å². The molecule has 2 aliphatic heterocycles. The number of hydrogen-bond donors (Lipinski definition) is 1. The van der Waals surface area contributed by atoms with E-state index in [2.05, 4.69) is 19.9 Å². The number of nitrogens with zero attached hydrogens (tertiary/aromatic N) is 6. The van der Waals surface area contributed by atoms with Gasteiger partial charge in [0.25, 0.3) is 11.8 Å². The summed E-state index contributed by atoms with van der Waals surface area (Å²) in [4.78, 5) is 43.4. The van der Waals surface area contributed by atoms with E-state index < -0.39 is 0 Å². The van der Waals surface area contributed by atoms with Crippen LogP contribution in [0.1, 0.15) is 65.4 Å². The third-order valence-electron chi connectivity index (χ3n) is 8.09. The summed E-state index contributed by atoms with van der Waals surface area (Å²) in [6.45, 7) is 3.05. The highest BCUT2D eigenvalue weighted by atomic mass is 16.5. The number of rotatable bonds is 5. The van der Waals surface area contributed by atoms with E-state index in [9.17, 15) is 9.59 Å². The van der Waals surface area contributed by atoms with Gasteiger partial charge in [0.2, 0.25) is 5.95 Å². The third kappa shape index (κ3) is 4.84. The molecule has 1 aliphatic carbocycles. The first kappa shape index (κ1) is 24.8. The van der Waals surface area contributed by atoms with Crippen molar-refractivity contribution in [3.8, 4) is 0 Å². The second-order valence-corrected chi connectivity index (χ2v) is 11.1. The fourth-order valence-electron chi connectivity index (χ4n) is 6.15. The Kier molecular flexibility index (Phi) is 6.73. The summed E-state index contributed by atoms with van der Waals surface area (Å²) in [5.74, 6) is 1.92. The van der Waals surface area contributed by atoms with E-state index in [1.165, 1.54) is 0 Å². The minimum Gasteiger partial charge on any atom is -0.381 e. The molecule has 0 aromatic carbocycles. The first-order valence-electron chi connectivity index (χ1n) is 13.7. The fourth-order valence-corrected chi connectivity index (χ4v) is 6.15. The maximum atomic E-state index is 13.2. The van der Waals surface area contributed by atoms with Crippen LogP contribution < -0.4 is 5.32 Å². The van der Waals surface area contributed by atoms with Crippen molar-refractivity contribution in [3.63, 3.8) is 0 Å². The second kappa shape index (κ2) is 10.3. The number of carbonyl (C=O) groups excluding carboxylic acids is 2. The van der Waals surface area contributed by atoms with Gasteiger partial charge in [-0.25, -0.2) is 9.97 Å². The van der Waals surface area contributed by atoms with Crippen molar-refractivity contribution in [2.24, 2.45) is 11.8 Å². The van der Waals surface area contributed by atoms with Crippen molar-refractivity contribution in [3.05, 3.63) is 41.9 Å². The zero-order chi connectivity index (χ0) is 26.2. The largest absolute Gasteiger partial charge is 0.381 e. The lowest BCUT2D eigenvalue weighted by molar-refractivity contribution is 0.0182. The number of fused-ring (bicyclic) bond motifs is 3. The van der Waals surface area contributed by atoms with Crippen molar-refractivity contribution in [2.75, 3.05) is 45.7 Å². The molecule has 1 saturated carbocycles. The first-order chi connectivity index (χ1) is 18.5. The van der Waals surface area contributed by atoms with Crippen LogP contribution in [0.3, 0.4) is 0 Å². The molecule has 2 atom stereocenters. The molecule has 10 nitrogen and oxygen atoms in total. The number of pyridine rings is 1. The van der Waals surface area contributed by atoms with Crippen LogP contribution in [0.4, 0.5) is 11.8 Å². The van der Waals surface area contributed by atoms with Gasteiger partial charge in [-0.1, -0.05) is 12.8 Å². The van der Waals surface area contributed by atoms with Crippen LogP contribution >= 0.6 is 0 Å². The molecular formula is C28H35N7O3. The summed E-state index contributed by atoms with van der Waals surface area (Å²) in [6, 6.07) is 5.74. The highest BCUT2D eigenvalue weighted by Crippen LogP contribution is 2.35. The summed E-state index contributed by atoms with van der Waals surface area (Å²) in [5.41, 5.74) is 1.97. The summed E-state index contributed by atoms with van der Waals surface area (Å²) < 4.78 is 7.81. The molecule has 2 amide bonds. The minimum atomic E-state index is -0.0354. The SMILES string of the molecule is CN(C)C(=O)c1cc2cnc(Nc3ccc(C(=O)N4CCC5COCC(C5)C4)cn3)nc2n1C1CCCC1. The Morgan fingerprint density at radius 2 is 1.87 bits per heavy atom. The number of carbonyl (C=O) groups is 2. The lowest BCUT2D eigenvalue weighted by Crippen LogP contribution is -2.36. The molecule has 6 rings (SSSR count). The molecule has 38 heavy (non-hydrogen) atoms. The summed E-state index contributed by atoms with van der Waals surface area (Å²) >= 11 is 0. The van der Waals surface area contributed by atoms with Crippen LogP contribution in [0.15, 0.2) is 30.6 Å². The summed E-state index contributed by atoms with van der Waals surface area (Å²) in [5, 5.41) is 4.02. The van der Waals surface area contributed by atoms with Gasteiger partial charge in [0.15, 0.2) is 0 Å². The van der Waals surface area contributed by atoms with Gasteiger partial charge in [-0.15, -0.1) is 0 Å². The average molecular weight is 518 g/mol. The summed E-state index contributed by atoms with van der Waals surface area (Å²) in [7, 11) is 3.54. The normalized spacial score (nSPS) is 21.9.